The number of hydrazone groups is 1. The molecule has 1 rings (SSSR count). The molecule has 0 aliphatic rings. The summed E-state index contributed by atoms with van der Waals surface area (Å²) in [5, 5.41) is 23.0. The lowest BCUT2D eigenvalue weighted by Crippen LogP contribution is -2.35. The summed E-state index contributed by atoms with van der Waals surface area (Å²) in [4.78, 5) is 12.2. The molecule has 0 aromatic heterocycles. The Kier molecular flexibility index (Phi) is 6.27. The normalized spacial score (nSPS) is 14.0. The van der Waals surface area contributed by atoms with Crippen LogP contribution >= 0.6 is 0 Å². The molecule has 0 heterocycles. The average Bonchev–Trinajstić information content (AvgIpc) is 2.49. The van der Waals surface area contributed by atoms with Gasteiger partial charge in [0.2, 0.25) is 11.5 Å². The van der Waals surface area contributed by atoms with E-state index in [2.05, 4.69) is 10.5 Å². The first-order valence-electron chi connectivity index (χ1n) is 7.58. The number of aryl methyl sites for hydroxylation is 2. The highest BCUT2D eigenvalue weighted by molar-refractivity contribution is 6.48. The Morgan fingerprint density at radius 1 is 1.42 bits per heavy atom. The highest BCUT2D eigenvalue weighted by Gasteiger charge is 2.23. The van der Waals surface area contributed by atoms with Crippen LogP contribution in [0.3, 0.4) is 0 Å². The third-order valence-electron chi connectivity index (χ3n) is 3.43. The number of hydrogen-bond acceptors (Lipinski definition) is 6. The molecule has 4 N–H and O–H groups in total. The summed E-state index contributed by atoms with van der Waals surface area (Å²) in [5.74, 6) is -0.672. The van der Waals surface area contributed by atoms with E-state index >= 15 is 0 Å². The van der Waals surface area contributed by atoms with Crippen molar-refractivity contribution in [3.05, 3.63) is 41.2 Å². The van der Waals surface area contributed by atoms with Gasteiger partial charge in [-0.2, -0.15) is 10.4 Å². The second kappa shape index (κ2) is 7.75. The smallest absolute Gasteiger partial charge is 0.214 e. The van der Waals surface area contributed by atoms with Crippen molar-refractivity contribution < 1.29 is 9.90 Å². The summed E-state index contributed by atoms with van der Waals surface area (Å²) < 4.78 is 0. The Balaban J connectivity index is 2.98. The minimum absolute atomic E-state index is 0.0110. The van der Waals surface area contributed by atoms with Gasteiger partial charge in [-0.3, -0.25) is 10.2 Å². The van der Waals surface area contributed by atoms with E-state index in [1.165, 1.54) is 6.08 Å². The second-order valence-corrected chi connectivity index (χ2v) is 6.69. The lowest BCUT2D eigenvalue weighted by atomic mass is 9.92. The number of nitrogens with zero attached hydrogens (tertiary/aromatic N) is 2. The Morgan fingerprint density at radius 2 is 2.04 bits per heavy atom. The van der Waals surface area contributed by atoms with Crippen molar-refractivity contribution in [1.82, 2.24) is 0 Å². The summed E-state index contributed by atoms with van der Waals surface area (Å²) in [6.45, 7) is 9.19. The fraction of sp³-hybridized carbons (Fsp3) is 0.389. The van der Waals surface area contributed by atoms with E-state index in [9.17, 15) is 9.90 Å². The molecule has 0 spiro atoms. The van der Waals surface area contributed by atoms with Crippen LogP contribution in [-0.4, -0.2) is 22.6 Å². The number of hydrogen-bond donors (Lipinski definition) is 3. The molecule has 24 heavy (non-hydrogen) atoms. The molecule has 1 aromatic rings. The maximum absolute atomic E-state index is 12.2. The third kappa shape index (κ3) is 5.21. The largest absolute Gasteiger partial charge is 0.512 e. The van der Waals surface area contributed by atoms with Gasteiger partial charge in [-0.15, -0.1) is 0 Å². The summed E-state index contributed by atoms with van der Waals surface area (Å²) in [5.41, 5.74) is 10.3. The van der Waals surface area contributed by atoms with Crippen LogP contribution in [0.4, 0.5) is 5.69 Å². The molecule has 1 aromatic carbocycles. The van der Waals surface area contributed by atoms with Crippen LogP contribution in [0.15, 0.2) is 35.1 Å². The van der Waals surface area contributed by atoms with Crippen molar-refractivity contribution in [2.45, 2.75) is 40.7 Å². The van der Waals surface area contributed by atoms with Gasteiger partial charge in [-0.25, -0.2) is 0 Å². The van der Waals surface area contributed by atoms with E-state index in [-0.39, 0.29) is 11.5 Å². The number of aliphatic hydroxyl groups is 1. The number of anilines is 1. The van der Waals surface area contributed by atoms with Gasteiger partial charge in [0.15, 0.2) is 0 Å². The van der Waals surface area contributed by atoms with Gasteiger partial charge >= 0.3 is 0 Å². The van der Waals surface area contributed by atoms with Crippen molar-refractivity contribution in [3.63, 3.8) is 0 Å². The van der Waals surface area contributed by atoms with Crippen LogP contribution in [0.1, 0.15) is 31.9 Å². The monoisotopic (exact) mass is 328 g/mol. The van der Waals surface area contributed by atoms with Crippen LogP contribution in [-0.2, 0) is 4.79 Å². The number of Topliss-reactive ketones (excluding diaryl/α,β-unsaturated/α-hetero) is 1. The van der Waals surface area contributed by atoms with Gasteiger partial charge in [-0.1, -0.05) is 32.9 Å². The number of rotatable bonds is 5. The SMILES string of the molecule is Cc1ccc(C)c(N/N=C(\C#N)C(=O)C(N)/C=C(\O)C(C)(C)C)c1. The molecule has 1 atom stereocenters. The number of nitrogens with two attached hydrogens (primary N) is 1. The van der Waals surface area contributed by atoms with Gasteiger partial charge < -0.3 is 10.8 Å². The number of aliphatic hydroxyl groups excluding tert-OH is 1. The van der Waals surface area contributed by atoms with Crippen LogP contribution in [0.25, 0.3) is 0 Å². The number of nitriles is 1. The van der Waals surface area contributed by atoms with Gasteiger partial charge in [0.1, 0.15) is 6.07 Å². The van der Waals surface area contributed by atoms with Crippen LogP contribution in [0.5, 0.6) is 0 Å². The molecule has 0 fully saturated rings. The molecule has 0 saturated carbocycles. The summed E-state index contributed by atoms with van der Waals surface area (Å²) in [6.07, 6.45) is 1.24. The van der Waals surface area contributed by atoms with Crippen molar-refractivity contribution in [2.24, 2.45) is 16.3 Å². The first-order chi connectivity index (χ1) is 11.1. The number of carbonyl (C=O) groups is 1. The Bertz CT molecular complexity index is 722. The summed E-state index contributed by atoms with van der Waals surface area (Å²) in [7, 11) is 0. The molecular weight excluding hydrogens is 304 g/mol. The van der Waals surface area contributed by atoms with E-state index in [1.807, 2.05) is 32.0 Å². The van der Waals surface area contributed by atoms with Gasteiger partial charge in [0.25, 0.3) is 0 Å². The van der Waals surface area contributed by atoms with Gasteiger partial charge in [0, 0.05) is 5.41 Å². The minimum atomic E-state index is -1.14. The fourth-order valence-corrected chi connectivity index (χ4v) is 1.76. The highest BCUT2D eigenvalue weighted by Crippen LogP contribution is 2.22. The average molecular weight is 328 g/mol. The lowest BCUT2D eigenvalue weighted by Gasteiger charge is -2.18. The number of ketones is 1. The zero-order valence-electron chi connectivity index (χ0n) is 14.7. The molecule has 0 aliphatic carbocycles. The second-order valence-electron chi connectivity index (χ2n) is 6.69. The number of allylic oxidation sites excluding steroid dienone is 1. The van der Waals surface area contributed by atoms with Crippen LogP contribution < -0.4 is 11.2 Å². The Labute approximate surface area is 142 Å². The van der Waals surface area contributed by atoms with E-state index in [4.69, 9.17) is 11.0 Å². The predicted molar refractivity (Wildman–Crippen MR) is 95.7 cm³/mol. The zero-order chi connectivity index (χ0) is 18.5. The van der Waals surface area contributed by atoms with E-state index in [1.54, 1.807) is 26.8 Å². The van der Waals surface area contributed by atoms with Crippen LogP contribution in [0, 0.1) is 30.6 Å². The molecule has 128 valence electrons. The quantitative estimate of drug-likeness (QED) is 0.437. The fourth-order valence-electron chi connectivity index (χ4n) is 1.76. The Hall–Kier alpha value is -2.65. The zero-order valence-corrected chi connectivity index (χ0v) is 14.7. The number of nitrogens with one attached hydrogen (secondary N) is 1. The molecule has 0 aliphatic heterocycles. The Morgan fingerprint density at radius 3 is 2.58 bits per heavy atom. The summed E-state index contributed by atoms with van der Waals surface area (Å²) in [6, 6.07) is 6.34. The van der Waals surface area contributed by atoms with Gasteiger partial charge in [0.05, 0.1) is 17.5 Å². The summed E-state index contributed by atoms with van der Waals surface area (Å²) >= 11 is 0. The lowest BCUT2D eigenvalue weighted by molar-refractivity contribution is -0.113. The van der Waals surface area contributed by atoms with Crippen molar-refractivity contribution in [3.8, 4) is 6.07 Å². The molecule has 1 unspecified atom stereocenters. The molecule has 0 radical (unpaired) electrons. The number of carbonyl (C=O) groups excluding carboxylic acids is 1. The van der Waals surface area contributed by atoms with Crippen LogP contribution in [0.2, 0.25) is 0 Å². The van der Waals surface area contributed by atoms with E-state index < -0.39 is 17.2 Å². The first kappa shape index (κ1) is 19.4. The topological polar surface area (TPSA) is 112 Å². The predicted octanol–water partition coefficient (Wildman–Crippen LogP) is 2.98. The molecule has 6 nitrogen and oxygen atoms in total. The van der Waals surface area contributed by atoms with E-state index in [0.29, 0.717) is 5.69 Å². The van der Waals surface area contributed by atoms with Gasteiger partial charge in [-0.05, 0) is 37.1 Å². The highest BCUT2D eigenvalue weighted by atomic mass is 16.3. The number of benzene rings is 1. The molecule has 6 heteroatoms. The standard InChI is InChI=1S/C18H24N4O2/c1-11-6-7-12(2)14(8-11)21-22-15(10-19)17(24)13(20)9-16(23)18(3,4)5/h6-9,13,21,23H,20H2,1-5H3/b16-9-,22-15+. The third-order valence-corrected chi connectivity index (χ3v) is 3.43. The molecule has 0 amide bonds. The minimum Gasteiger partial charge on any atom is -0.512 e. The molecule has 0 saturated heterocycles. The molecule has 0 bridgehead atoms. The molecular formula is C18H24N4O2. The van der Waals surface area contributed by atoms with Crippen molar-refractivity contribution >= 4 is 17.2 Å². The van der Waals surface area contributed by atoms with E-state index in [0.717, 1.165) is 11.1 Å². The maximum atomic E-state index is 12.2. The first-order valence-corrected chi connectivity index (χ1v) is 7.58. The maximum Gasteiger partial charge on any atom is 0.214 e. The van der Waals surface area contributed by atoms with Crippen molar-refractivity contribution in [1.29, 1.82) is 5.26 Å². The van der Waals surface area contributed by atoms with Crippen molar-refractivity contribution in [2.75, 3.05) is 5.43 Å².